The van der Waals surface area contributed by atoms with Gasteiger partial charge in [-0.1, -0.05) is 72.8 Å². The van der Waals surface area contributed by atoms with Gasteiger partial charge in [-0.2, -0.15) is 0 Å². The van der Waals surface area contributed by atoms with E-state index in [4.69, 9.17) is 5.73 Å². The van der Waals surface area contributed by atoms with Crippen molar-refractivity contribution in [3.05, 3.63) is 127 Å². The fourth-order valence-corrected chi connectivity index (χ4v) is 3.41. The molecule has 4 nitrogen and oxygen atoms in total. The highest BCUT2D eigenvalue weighted by Crippen LogP contribution is 2.34. The quantitative estimate of drug-likeness (QED) is 0.389. The lowest BCUT2D eigenvalue weighted by Gasteiger charge is -2.12. The van der Waals surface area contributed by atoms with Crippen LogP contribution in [0.25, 0.3) is 33.6 Å². The topological polar surface area (TPSA) is 64.7 Å². The van der Waals surface area contributed by atoms with Crippen molar-refractivity contribution in [3.63, 3.8) is 0 Å². The van der Waals surface area contributed by atoms with Gasteiger partial charge in [0.15, 0.2) is 0 Å². The number of aromatic nitrogens is 3. The largest absolute Gasteiger partial charge is 0.326 e. The summed E-state index contributed by atoms with van der Waals surface area (Å²) in [7, 11) is 0. The van der Waals surface area contributed by atoms with Gasteiger partial charge in [0, 0.05) is 53.6 Å². The third-order valence-electron chi connectivity index (χ3n) is 4.97. The monoisotopic (exact) mass is 416 g/mol. The number of hydrogen-bond acceptors (Lipinski definition) is 4. The maximum atomic E-state index is 5.35. The highest BCUT2D eigenvalue weighted by molar-refractivity contribution is 5.87. The lowest BCUT2D eigenvalue weighted by molar-refractivity contribution is 1.07. The molecule has 3 aromatic heterocycles. The summed E-state index contributed by atoms with van der Waals surface area (Å²) >= 11 is 0. The predicted octanol–water partition coefficient (Wildman–Crippen LogP) is 6.02. The van der Waals surface area contributed by atoms with Crippen molar-refractivity contribution < 1.29 is 0 Å². The Kier molecular flexibility index (Phi) is 7.09. The molecule has 32 heavy (non-hydrogen) atoms. The standard InChI is InChI=1S/C21H15N3.C7H9N/c1-2-7-16(8-3-1)20-19(11-6-13-23-20)21-18(10-5-14-24-21)17-9-4-12-22-15-17;8-6-7-4-2-1-3-5-7/h1-15H;1-5H,6,8H2. The Hall–Kier alpha value is -4.15. The average Bonchev–Trinajstić information content (AvgIpc) is 2.90. The molecule has 2 aromatic carbocycles. The van der Waals surface area contributed by atoms with Crippen molar-refractivity contribution in [1.29, 1.82) is 0 Å². The van der Waals surface area contributed by atoms with Crippen molar-refractivity contribution in [2.24, 2.45) is 5.73 Å². The fourth-order valence-electron chi connectivity index (χ4n) is 3.41. The molecule has 0 saturated carbocycles. The minimum absolute atomic E-state index is 0.640. The van der Waals surface area contributed by atoms with E-state index in [1.807, 2.05) is 91.4 Å². The van der Waals surface area contributed by atoms with Crippen LogP contribution in [-0.4, -0.2) is 15.0 Å². The van der Waals surface area contributed by atoms with Crippen LogP contribution in [0.4, 0.5) is 0 Å². The molecule has 0 aliphatic heterocycles. The minimum atomic E-state index is 0.640. The third-order valence-corrected chi connectivity index (χ3v) is 4.97. The summed E-state index contributed by atoms with van der Waals surface area (Å²) in [6.45, 7) is 0.640. The molecule has 0 amide bonds. The molecule has 3 heterocycles. The van der Waals surface area contributed by atoms with Crippen molar-refractivity contribution in [1.82, 2.24) is 15.0 Å². The Balaban J connectivity index is 0.000000260. The van der Waals surface area contributed by atoms with Gasteiger partial charge in [0.25, 0.3) is 0 Å². The SMILES string of the molecule is NCc1ccccc1.c1ccc(-c2ncccc2-c2ncccc2-c2cccnc2)cc1. The van der Waals surface area contributed by atoms with Crippen molar-refractivity contribution >= 4 is 0 Å². The summed E-state index contributed by atoms with van der Waals surface area (Å²) in [4.78, 5) is 13.5. The molecule has 5 aromatic rings. The summed E-state index contributed by atoms with van der Waals surface area (Å²) < 4.78 is 0. The number of rotatable bonds is 4. The summed E-state index contributed by atoms with van der Waals surface area (Å²) in [6.07, 6.45) is 7.27. The zero-order valence-electron chi connectivity index (χ0n) is 17.7. The zero-order valence-corrected chi connectivity index (χ0v) is 17.7. The summed E-state index contributed by atoms with van der Waals surface area (Å²) in [5.41, 5.74) is 12.6. The van der Waals surface area contributed by atoms with Crippen LogP contribution in [0.1, 0.15) is 5.56 Å². The van der Waals surface area contributed by atoms with E-state index in [9.17, 15) is 0 Å². The van der Waals surface area contributed by atoms with Crippen LogP contribution >= 0.6 is 0 Å². The van der Waals surface area contributed by atoms with Crippen LogP contribution in [0.15, 0.2) is 122 Å². The number of hydrogen-bond donors (Lipinski definition) is 1. The van der Waals surface area contributed by atoms with Gasteiger partial charge < -0.3 is 5.73 Å². The van der Waals surface area contributed by atoms with Gasteiger partial charge in [-0.3, -0.25) is 15.0 Å². The van der Waals surface area contributed by atoms with E-state index in [1.54, 1.807) is 6.20 Å². The minimum Gasteiger partial charge on any atom is -0.326 e. The lowest BCUT2D eigenvalue weighted by Crippen LogP contribution is -1.94. The maximum Gasteiger partial charge on any atom is 0.0802 e. The van der Waals surface area contributed by atoms with Crippen LogP contribution in [-0.2, 0) is 6.54 Å². The Morgan fingerprint density at radius 1 is 0.531 bits per heavy atom. The van der Waals surface area contributed by atoms with E-state index in [0.29, 0.717) is 6.54 Å². The molecular formula is C28H24N4. The molecule has 4 heteroatoms. The first-order chi connectivity index (χ1) is 15.9. The first-order valence-corrected chi connectivity index (χ1v) is 10.5. The molecule has 0 bridgehead atoms. The molecular weight excluding hydrogens is 392 g/mol. The van der Waals surface area contributed by atoms with Gasteiger partial charge in [0.1, 0.15) is 0 Å². The first-order valence-electron chi connectivity index (χ1n) is 10.5. The second-order valence-corrected chi connectivity index (χ2v) is 7.10. The van der Waals surface area contributed by atoms with Crippen LogP contribution in [0.3, 0.4) is 0 Å². The van der Waals surface area contributed by atoms with Gasteiger partial charge in [0.2, 0.25) is 0 Å². The number of nitrogens with zero attached hydrogens (tertiary/aromatic N) is 3. The maximum absolute atomic E-state index is 5.35. The zero-order chi connectivity index (χ0) is 22.0. The number of benzene rings is 2. The van der Waals surface area contributed by atoms with Gasteiger partial charge in [-0.15, -0.1) is 0 Å². The Labute approximate surface area is 188 Å². The third kappa shape index (κ3) is 5.12. The van der Waals surface area contributed by atoms with E-state index >= 15 is 0 Å². The Morgan fingerprint density at radius 2 is 1.12 bits per heavy atom. The predicted molar refractivity (Wildman–Crippen MR) is 130 cm³/mol. The van der Waals surface area contributed by atoms with Crippen LogP contribution in [0, 0.1) is 0 Å². The van der Waals surface area contributed by atoms with E-state index < -0.39 is 0 Å². The molecule has 0 fully saturated rings. The van der Waals surface area contributed by atoms with E-state index in [2.05, 4.69) is 39.2 Å². The van der Waals surface area contributed by atoms with Crippen LogP contribution in [0.2, 0.25) is 0 Å². The van der Waals surface area contributed by atoms with Gasteiger partial charge in [-0.25, -0.2) is 0 Å². The van der Waals surface area contributed by atoms with E-state index in [0.717, 1.165) is 33.6 Å². The van der Waals surface area contributed by atoms with Crippen molar-refractivity contribution in [2.45, 2.75) is 6.54 Å². The lowest BCUT2D eigenvalue weighted by atomic mass is 9.97. The Bertz CT molecular complexity index is 1160. The van der Waals surface area contributed by atoms with Crippen molar-refractivity contribution in [2.75, 3.05) is 0 Å². The summed E-state index contributed by atoms with van der Waals surface area (Å²) in [5.74, 6) is 0. The van der Waals surface area contributed by atoms with Gasteiger partial charge in [0.05, 0.1) is 11.4 Å². The number of pyridine rings is 3. The first kappa shape index (κ1) is 21.1. The summed E-state index contributed by atoms with van der Waals surface area (Å²) in [5, 5.41) is 0. The Morgan fingerprint density at radius 3 is 1.75 bits per heavy atom. The molecule has 5 rings (SSSR count). The molecule has 2 N–H and O–H groups in total. The van der Waals surface area contributed by atoms with Gasteiger partial charge in [-0.05, 0) is 29.8 Å². The normalized spacial score (nSPS) is 10.2. The van der Waals surface area contributed by atoms with Crippen molar-refractivity contribution in [3.8, 4) is 33.6 Å². The molecule has 0 aliphatic carbocycles. The molecule has 0 aliphatic rings. The van der Waals surface area contributed by atoms with Gasteiger partial charge >= 0.3 is 0 Å². The summed E-state index contributed by atoms with van der Waals surface area (Å²) in [6, 6.07) is 32.2. The van der Waals surface area contributed by atoms with Crippen LogP contribution in [0.5, 0.6) is 0 Å². The van der Waals surface area contributed by atoms with E-state index in [1.165, 1.54) is 5.56 Å². The average molecular weight is 417 g/mol. The highest BCUT2D eigenvalue weighted by atomic mass is 14.7. The molecule has 156 valence electrons. The smallest absolute Gasteiger partial charge is 0.0802 e. The molecule has 0 atom stereocenters. The van der Waals surface area contributed by atoms with E-state index in [-0.39, 0.29) is 0 Å². The molecule has 0 unspecified atom stereocenters. The molecule has 0 radical (unpaired) electrons. The second kappa shape index (κ2) is 10.8. The highest BCUT2D eigenvalue weighted by Gasteiger charge is 2.14. The second-order valence-electron chi connectivity index (χ2n) is 7.10. The molecule has 0 spiro atoms. The van der Waals surface area contributed by atoms with Crippen LogP contribution < -0.4 is 5.73 Å². The number of nitrogens with two attached hydrogens (primary N) is 1. The fraction of sp³-hybridized carbons (Fsp3) is 0.0357. The molecule has 0 saturated heterocycles.